The van der Waals surface area contributed by atoms with Crippen LogP contribution in [0.2, 0.25) is 0 Å². The zero-order valence-corrected chi connectivity index (χ0v) is 12.7. The van der Waals surface area contributed by atoms with Crippen LogP contribution in [0.1, 0.15) is 37.8 Å². The van der Waals surface area contributed by atoms with Crippen LogP contribution in [0, 0.1) is 13.8 Å². The van der Waals surface area contributed by atoms with Gasteiger partial charge in [-0.15, -0.1) is 0 Å². The number of nitrogens with one attached hydrogen (secondary N) is 1. The van der Waals surface area contributed by atoms with Crippen molar-refractivity contribution >= 4 is 11.7 Å². The molecule has 1 saturated heterocycles. The number of nitrogens with zero attached hydrogens (tertiary/aromatic N) is 1. The molecule has 0 radical (unpaired) electrons. The summed E-state index contributed by atoms with van der Waals surface area (Å²) in [4.78, 5) is 14.1. The van der Waals surface area contributed by atoms with Gasteiger partial charge in [0.05, 0.1) is 11.6 Å². The van der Waals surface area contributed by atoms with Crippen LogP contribution in [0.4, 0.5) is 10.5 Å². The molecule has 110 valence electrons. The molecule has 2 rings (SSSR count). The number of benzene rings is 1. The Morgan fingerprint density at radius 2 is 1.90 bits per heavy atom. The van der Waals surface area contributed by atoms with Gasteiger partial charge < -0.3 is 15.3 Å². The fourth-order valence-corrected chi connectivity index (χ4v) is 2.99. The zero-order chi connectivity index (χ0) is 14.9. The van der Waals surface area contributed by atoms with Gasteiger partial charge in [0.25, 0.3) is 0 Å². The van der Waals surface area contributed by atoms with Crippen LogP contribution in [0.3, 0.4) is 0 Å². The fourth-order valence-electron chi connectivity index (χ4n) is 2.99. The van der Waals surface area contributed by atoms with Gasteiger partial charge in [0.1, 0.15) is 0 Å². The average Bonchev–Trinajstić information content (AvgIpc) is 2.75. The summed E-state index contributed by atoms with van der Waals surface area (Å²) in [5.41, 5.74) is 2.20. The van der Waals surface area contributed by atoms with Crippen molar-refractivity contribution in [3.8, 4) is 0 Å². The maximum Gasteiger partial charge on any atom is 0.322 e. The van der Waals surface area contributed by atoms with E-state index in [9.17, 15) is 9.90 Å². The molecule has 1 aliphatic rings. The van der Waals surface area contributed by atoms with Crippen LogP contribution in [-0.2, 0) is 0 Å². The third-order valence-corrected chi connectivity index (χ3v) is 3.80. The summed E-state index contributed by atoms with van der Waals surface area (Å²) in [6, 6.07) is 5.75. The van der Waals surface area contributed by atoms with E-state index in [-0.39, 0.29) is 12.1 Å². The lowest BCUT2D eigenvalue weighted by atomic mass is 9.97. The number of hydrogen-bond acceptors (Lipinski definition) is 2. The summed E-state index contributed by atoms with van der Waals surface area (Å²) in [6.45, 7) is 8.25. The monoisotopic (exact) mass is 276 g/mol. The number of carbonyl (C=O) groups is 1. The van der Waals surface area contributed by atoms with Gasteiger partial charge >= 0.3 is 6.03 Å². The first-order chi connectivity index (χ1) is 9.27. The van der Waals surface area contributed by atoms with Crippen LogP contribution < -0.4 is 5.32 Å². The largest absolute Gasteiger partial charge is 0.388 e. The average molecular weight is 276 g/mol. The predicted octanol–water partition coefficient (Wildman–Crippen LogP) is 3.07. The van der Waals surface area contributed by atoms with E-state index in [1.807, 2.05) is 26.0 Å². The molecule has 1 heterocycles. The van der Waals surface area contributed by atoms with Gasteiger partial charge in [0, 0.05) is 12.2 Å². The van der Waals surface area contributed by atoms with Gasteiger partial charge in [-0.3, -0.25) is 0 Å². The standard InChI is InChI=1S/C16H24N2O2/c1-11-8-12(2)10-13(9-11)17-15(19)18-7-5-6-14(18)16(3,4)20/h8-10,14,20H,5-7H2,1-4H3,(H,17,19). The second-order valence-electron chi connectivity index (χ2n) is 6.31. The second kappa shape index (κ2) is 5.44. The molecule has 0 aliphatic carbocycles. The van der Waals surface area contributed by atoms with E-state index >= 15 is 0 Å². The van der Waals surface area contributed by atoms with Crippen LogP contribution in [0.25, 0.3) is 0 Å². The van der Waals surface area contributed by atoms with Crippen molar-refractivity contribution in [2.75, 3.05) is 11.9 Å². The molecular formula is C16H24N2O2. The summed E-state index contributed by atoms with van der Waals surface area (Å²) in [6.07, 6.45) is 1.79. The maximum absolute atomic E-state index is 12.4. The highest BCUT2D eigenvalue weighted by atomic mass is 16.3. The topological polar surface area (TPSA) is 52.6 Å². The van der Waals surface area contributed by atoms with Crippen LogP contribution in [0.5, 0.6) is 0 Å². The van der Waals surface area contributed by atoms with Gasteiger partial charge in [-0.05, 0) is 63.8 Å². The quantitative estimate of drug-likeness (QED) is 0.872. The summed E-state index contributed by atoms with van der Waals surface area (Å²) in [5.74, 6) is 0. The number of hydrogen-bond donors (Lipinski definition) is 2. The van der Waals surface area contributed by atoms with E-state index in [1.54, 1.807) is 18.7 Å². The number of likely N-dealkylation sites (tertiary alicyclic amines) is 1. The lowest BCUT2D eigenvalue weighted by molar-refractivity contribution is 0.0117. The summed E-state index contributed by atoms with van der Waals surface area (Å²) in [7, 11) is 0. The second-order valence-corrected chi connectivity index (χ2v) is 6.31. The normalized spacial score (nSPS) is 19.2. The highest BCUT2D eigenvalue weighted by Crippen LogP contribution is 2.27. The molecule has 1 aliphatic heterocycles. The van der Waals surface area contributed by atoms with Gasteiger partial charge in [-0.25, -0.2) is 4.79 Å². The van der Waals surface area contributed by atoms with E-state index in [4.69, 9.17) is 0 Å². The number of carbonyl (C=O) groups excluding carboxylic acids is 1. The van der Waals surface area contributed by atoms with Gasteiger partial charge in [0.2, 0.25) is 0 Å². The zero-order valence-electron chi connectivity index (χ0n) is 12.7. The number of rotatable bonds is 2. The lowest BCUT2D eigenvalue weighted by Crippen LogP contribution is -2.49. The van der Waals surface area contributed by atoms with E-state index in [0.717, 1.165) is 29.7 Å². The summed E-state index contributed by atoms with van der Waals surface area (Å²) >= 11 is 0. The number of anilines is 1. The molecule has 1 unspecified atom stereocenters. The molecule has 0 bridgehead atoms. The Bertz CT molecular complexity index is 485. The molecule has 1 aromatic rings. The fraction of sp³-hybridized carbons (Fsp3) is 0.562. The predicted molar refractivity (Wildman–Crippen MR) is 81.0 cm³/mol. The summed E-state index contributed by atoms with van der Waals surface area (Å²) in [5, 5.41) is 13.1. The molecule has 1 atom stereocenters. The lowest BCUT2D eigenvalue weighted by Gasteiger charge is -2.33. The first-order valence-electron chi connectivity index (χ1n) is 7.15. The smallest absolute Gasteiger partial charge is 0.322 e. The van der Waals surface area contributed by atoms with Gasteiger partial charge in [0.15, 0.2) is 0 Å². The van der Waals surface area contributed by atoms with E-state index in [1.165, 1.54) is 0 Å². The minimum Gasteiger partial charge on any atom is -0.388 e. The summed E-state index contributed by atoms with van der Waals surface area (Å²) < 4.78 is 0. The van der Waals surface area contributed by atoms with Crippen LogP contribution in [0.15, 0.2) is 18.2 Å². The molecule has 2 N–H and O–H groups in total. The Morgan fingerprint density at radius 3 is 2.45 bits per heavy atom. The van der Waals surface area contributed by atoms with Crippen molar-refractivity contribution < 1.29 is 9.90 Å². The molecular weight excluding hydrogens is 252 g/mol. The van der Waals surface area contributed by atoms with Crippen molar-refractivity contribution in [3.63, 3.8) is 0 Å². The number of amides is 2. The third-order valence-electron chi connectivity index (χ3n) is 3.80. The van der Waals surface area contributed by atoms with Crippen molar-refractivity contribution in [3.05, 3.63) is 29.3 Å². The van der Waals surface area contributed by atoms with Crippen molar-refractivity contribution in [2.45, 2.75) is 52.2 Å². The van der Waals surface area contributed by atoms with E-state index in [0.29, 0.717) is 6.54 Å². The third kappa shape index (κ3) is 3.31. The van der Waals surface area contributed by atoms with Gasteiger partial charge in [-0.1, -0.05) is 6.07 Å². The number of aliphatic hydroxyl groups is 1. The Labute approximate surface area is 120 Å². The maximum atomic E-state index is 12.4. The molecule has 1 fully saturated rings. The Balaban J connectivity index is 2.11. The molecule has 0 saturated carbocycles. The highest BCUT2D eigenvalue weighted by Gasteiger charge is 2.38. The van der Waals surface area contributed by atoms with Crippen molar-refractivity contribution in [2.24, 2.45) is 0 Å². The minimum atomic E-state index is -0.865. The first kappa shape index (κ1) is 14.9. The molecule has 0 spiro atoms. The molecule has 1 aromatic carbocycles. The highest BCUT2D eigenvalue weighted by molar-refractivity contribution is 5.90. The minimum absolute atomic E-state index is 0.117. The molecule has 4 heteroatoms. The van der Waals surface area contributed by atoms with Crippen molar-refractivity contribution in [1.29, 1.82) is 0 Å². The molecule has 20 heavy (non-hydrogen) atoms. The van der Waals surface area contributed by atoms with Crippen molar-refractivity contribution in [1.82, 2.24) is 4.90 Å². The van der Waals surface area contributed by atoms with Crippen LogP contribution >= 0.6 is 0 Å². The van der Waals surface area contributed by atoms with E-state index in [2.05, 4.69) is 11.4 Å². The SMILES string of the molecule is Cc1cc(C)cc(NC(=O)N2CCCC2C(C)(C)O)c1. The first-order valence-corrected chi connectivity index (χ1v) is 7.15. The Kier molecular flexibility index (Phi) is 4.04. The van der Waals surface area contributed by atoms with Gasteiger partial charge in [-0.2, -0.15) is 0 Å². The number of urea groups is 1. The van der Waals surface area contributed by atoms with E-state index < -0.39 is 5.60 Å². The number of aryl methyl sites for hydroxylation is 2. The molecule has 4 nitrogen and oxygen atoms in total. The Morgan fingerprint density at radius 1 is 1.30 bits per heavy atom. The van der Waals surface area contributed by atoms with Crippen LogP contribution in [-0.4, -0.2) is 34.2 Å². The Hall–Kier alpha value is -1.55. The molecule has 2 amide bonds. The molecule has 0 aromatic heterocycles.